The van der Waals surface area contributed by atoms with Gasteiger partial charge >= 0.3 is 0 Å². The number of aryl methyl sites for hydroxylation is 1. The van der Waals surface area contributed by atoms with Gasteiger partial charge in [-0.05, 0) is 43.2 Å². The highest BCUT2D eigenvalue weighted by atomic mass is 32.2. The molecule has 1 fully saturated rings. The normalized spacial score (nSPS) is 20.3. The van der Waals surface area contributed by atoms with E-state index in [9.17, 15) is 4.79 Å². The first-order chi connectivity index (χ1) is 12.7. The topological polar surface area (TPSA) is 51.9 Å². The van der Waals surface area contributed by atoms with Crippen LogP contribution >= 0.6 is 11.8 Å². The number of hydrogen-bond acceptors (Lipinski definition) is 3. The molecule has 0 spiro atoms. The Balaban J connectivity index is 1.27. The zero-order chi connectivity index (χ0) is 17.9. The summed E-state index contributed by atoms with van der Waals surface area (Å²) < 4.78 is 4.09. The van der Waals surface area contributed by atoms with E-state index >= 15 is 0 Å². The van der Waals surface area contributed by atoms with E-state index in [1.807, 2.05) is 54.1 Å². The third-order valence-corrected chi connectivity index (χ3v) is 6.49. The molecule has 0 saturated heterocycles. The van der Waals surface area contributed by atoms with Crippen LogP contribution in [0.5, 0.6) is 0 Å². The van der Waals surface area contributed by atoms with Crippen molar-refractivity contribution in [3.05, 3.63) is 48.9 Å². The van der Waals surface area contributed by atoms with Crippen LogP contribution in [0, 0.1) is 0 Å². The number of nitrogens with zero attached hydrogens (tertiary/aromatic N) is 3. The van der Waals surface area contributed by atoms with Gasteiger partial charge < -0.3 is 14.5 Å². The van der Waals surface area contributed by atoms with Crippen molar-refractivity contribution < 1.29 is 4.79 Å². The summed E-state index contributed by atoms with van der Waals surface area (Å²) in [6.45, 7) is 0.384. The van der Waals surface area contributed by atoms with Crippen molar-refractivity contribution in [1.82, 2.24) is 19.4 Å². The second kappa shape index (κ2) is 7.58. The van der Waals surface area contributed by atoms with Crippen molar-refractivity contribution >= 4 is 28.6 Å². The summed E-state index contributed by atoms with van der Waals surface area (Å²) in [7, 11) is 2.03. The number of hydrogen-bond donors (Lipinski definition) is 1. The molecule has 1 aliphatic carbocycles. The molecule has 5 nitrogen and oxygen atoms in total. The zero-order valence-electron chi connectivity index (χ0n) is 15.0. The van der Waals surface area contributed by atoms with Gasteiger partial charge in [0, 0.05) is 42.4 Å². The second-order valence-electron chi connectivity index (χ2n) is 6.98. The predicted molar refractivity (Wildman–Crippen MR) is 105 cm³/mol. The van der Waals surface area contributed by atoms with Crippen molar-refractivity contribution in [3.8, 4) is 0 Å². The fourth-order valence-corrected chi connectivity index (χ4v) is 4.80. The minimum absolute atomic E-state index is 0.103. The zero-order valence-corrected chi connectivity index (χ0v) is 15.8. The fraction of sp³-hybridized carbons (Fsp3) is 0.400. The molecule has 1 aromatic carbocycles. The van der Waals surface area contributed by atoms with Gasteiger partial charge in [-0.3, -0.25) is 4.79 Å². The van der Waals surface area contributed by atoms with Gasteiger partial charge in [0.25, 0.3) is 0 Å². The molecule has 3 aromatic rings. The summed E-state index contributed by atoms with van der Waals surface area (Å²) in [5.41, 5.74) is 1.11. The molecular weight excluding hydrogens is 344 g/mol. The van der Waals surface area contributed by atoms with Crippen molar-refractivity contribution in [2.75, 3.05) is 0 Å². The molecule has 1 saturated carbocycles. The van der Waals surface area contributed by atoms with Gasteiger partial charge in [0.2, 0.25) is 5.91 Å². The number of aromatic nitrogens is 3. The third kappa shape index (κ3) is 3.80. The fourth-order valence-electron chi connectivity index (χ4n) is 3.65. The Kier molecular flexibility index (Phi) is 5.02. The Hall–Kier alpha value is -2.21. The Bertz CT molecular complexity index is 892. The number of imidazole rings is 1. The highest BCUT2D eigenvalue weighted by Gasteiger charge is 2.24. The standard InChI is InChI=1S/C20H24N4OS/c1-23-13-11-21-20(23)26-17-8-6-16(7-9-17)22-19(25)14-24-12-10-15-4-2-3-5-18(15)24/h2-5,10-13,16-17H,6-9,14H2,1H3,(H,22,25). The Morgan fingerprint density at radius 2 is 2.00 bits per heavy atom. The lowest BCUT2D eigenvalue weighted by atomic mass is 9.95. The molecule has 2 aromatic heterocycles. The number of amides is 1. The number of fused-ring (bicyclic) bond motifs is 1. The van der Waals surface area contributed by atoms with Crippen LogP contribution in [-0.4, -0.2) is 31.3 Å². The highest BCUT2D eigenvalue weighted by molar-refractivity contribution is 7.99. The van der Waals surface area contributed by atoms with Gasteiger partial charge in [-0.1, -0.05) is 30.0 Å². The monoisotopic (exact) mass is 368 g/mol. The quantitative estimate of drug-likeness (QED) is 0.749. The molecule has 2 heterocycles. The number of rotatable bonds is 5. The van der Waals surface area contributed by atoms with Gasteiger partial charge in [0.15, 0.2) is 5.16 Å². The van der Waals surface area contributed by atoms with Gasteiger partial charge in [-0.2, -0.15) is 0 Å². The van der Waals surface area contributed by atoms with Gasteiger partial charge in [-0.15, -0.1) is 0 Å². The van der Waals surface area contributed by atoms with Gasteiger partial charge in [0.1, 0.15) is 6.54 Å². The number of benzene rings is 1. The Morgan fingerprint density at radius 1 is 1.19 bits per heavy atom. The highest BCUT2D eigenvalue weighted by Crippen LogP contribution is 2.32. The molecule has 0 atom stereocenters. The minimum Gasteiger partial charge on any atom is -0.352 e. The van der Waals surface area contributed by atoms with Gasteiger partial charge in [0.05, 0.1) is 0 Å². The SMILES string of the molecule is Cn1ccnc1SC1CCC(NC(=O)Cn2ccc3ccccc32)CC1. The average Bonchev–Trinajstić information content (AvgIpc) is 3.23. The number of thioether (sulfide) groups is 1. The lowest BCUT2D eigenvalue weighted by Crippen LogP contribution is -2.39. The smallest absolute Gasteiger partial charge is 0.240 e. The van der Waals surface area contributed by atoms with Crippen LogP contribution in [0.3, 0.4) is 0 Å². The largest absolute Gasteiger partial charge is 0.352 e. The molecule has 26 heavy (non-hydrogen) atoms. The molecule has 4 rings (SSSR count). The van der Waals surface area contributed by atoms with Crippen LogP contribution in [0.2, 0.25) is 0 Å². The first-order valence-electron chi connectivity index (χ1n) is 9.16. The van der Waals surface area contributed by atoms with E-state index in [1.165, 1.54) is 5.39 Å². The van der Waals surface area contributed by atoms with Crippen LogP contribution in [0.4, 0.5) is 0 Å². The number of carbonyl (C=O) groups is 1. The van der Waals surface area contributed by atoms with Crippen molar-refractivity contribution in [1.29, 1.82) is 0 Å². The molecule has 136 valence electrons. The predicted octanol–water partition coefficient (Wildman–Crippen LogP) is 3.59. The van der Waals surface area contributed by atoms with Crippen LogP contribution in [-0.2, 0) is 18.4 Å². The molecule has 0 bridgehead atoms. The summed E-state index contributed by atoms with van der Waals surface area (Å²) >= 11 is 1.86. The summed E-state index contributed by atoms with van der Waals surface area (Å²) in [6.07, 6.45) is 10.1. The molecule has 0 unspecified atom stereocenters. The minimum atomic E-state index is 0.103. The molecule has 1 N–H and O–H groups in total. The maximum atomic E-state index is 12.5. The van der Waals surface area contributed by atoms with E-state index in [2.05, 4.69) is 33.1 Å². The second-order valence-corrected chi connectivity index (χ2v) is 8.25. The molecule has 1 amide bonds. The van der Waals surface area contributed by atoms with E-state index in [4.69, 9.17) is 0 Å². The van der Waals surface area contributed by atoms with Crippen molar-refractivity contribution in [2.24, 2.45) is 7.05 Å². The number of carbonyl (C=O) groups excluding carboxylic acids is 1. The van der Waals surface area contributed by atoms with Crippen LogP contribution in [0.25, 0.3) is 10.9 Å². The van der Waals surface area contributed by atoms with E-state index in [0.717, 1.165) is 36.4 Å². The third-order valence-electron chi connectivity index (χ3n) is 5.08. The lowest BCUT2D eigenvalue weighted by molar-refractivity contribution is -0.122. The van der Waals surface area contributed by atoms with Crippen molar-refractivity contribution in [3.63, 3.8) is 0 Å². The molecule has 6 heteroatoms. The average molecular weight is 369 g/mol. The van der Waals surface area contributed by atoms with Crippen molar-refractivity contribution in [2.45, 2.75) is 48.7 Å². The first kappa shape index (κ1) is 17.2. The maximum Gasteiger partial charge on any atom is 0.240 e. The van der Waals surface area contributed by atoms with Crippen LogP contribution in [0.1, 0.15) is 25.7 Å². The maximum absolute atomic E-state index is 12.5. The summed E-state index contributed by atoms with van der Waals surface area (Å²) in [6, 6.07) is 10.5. The molecule has 0 aliphatic heterocycles. The van der Waals surface area contributed by atoms with E-state index < -0.39 is 0 Å². The van der Waals surface area contributed by atoms with E-state index in [0.29, 0.717) is 17.8 Å². The Morgan fingerprint density at radius 3 is 2.77 bits per heavy atom. The van der Waals surface area contributed by atoms with Gasteiger partial charge in [-0.25, -0.2) is 4.98 Å². The number of nitrogens with one attached hydrogen (secondary N) is 1. The van der Waals surface area contributed by atoms with E-state index in [-0.39, 0.29) is 5.91 Å². The first-order valence-corrected chi connectivity index (χ1v) is 10.0. The van der Waals surface area contributed by atoms with Crippen LogP contribution in [0.15, 0.2) is 54.1 Å². The lowest BCUT2D eigenvalue weighted by Gasteiger charge is -2.28. The van der Waals surface area contributed by atoms with E-state index in [1.54, 1.807) is 0 Å². The molecular formula is C20H24N4OS. The van der Waals surface area contributed by atoms with Crippen LogP contribution < -0.4 is 5.32 Å². The molecule has 1 aliphatic rings. The molecule has 0 radical (unpaired) electrons. The number of para-hydroxylation sites is 1. The summed E-state index contributed by atoms with van der Waals surface area (Å²) in [5.74, 6) is 0.103. The summed E-state index contributed by atoms with van der Waals surface area (Å²) in [4.78, 5) is 16.9. The Labute approximate surface area is 157 Å². The summed E-state index contributed by atoms with van der Waals surface area (Å²) in [5, 5.41) is 6.07.